The van der Waals surface area contributed by atoms with E-state index in [-0.39, 0.29) is 6.04 Å². The highest BCUT2D eigenvalue weighted by Crippen LogP contribution is 2.25. The SMILES string of the molecule is CCc1ccccc1Oc1ccc(C(N)CC)nc1. The Morgan fingerprint density at radius 2 is 1.95 bits per heavy atom. The molecule has 2 N–H and O–H groups in total. The van der Waals surface area contributed by atoms with E-state index in [1.807, 2.05) is 37.3 Å². The first-order valence-electron chi connectivity index (χ1n) is 6.71. The van der Waals surface area contributed by atoms with Crippen molar-refractivity contribution in [1.82, 2.24) is 4.98 Å². The van der Waals surface area contributed by atoms with Crippen molar-refractivity contribution in [2.75, 3.05) is 0 Å². The van der Waals surface area contributed by atoms with E-state index in [9.17, 15) is 0 Å². The summed E-state index contributed by atoms with van der Waals surface area (Å²) in [6.07, 6.45) is 3.56. The van der Waals surface area contributed by atoms with Gasteiger partial charge < -0.3 is 10.5 Å². The molecule has 0 aliphatic rings. The van der Waals surface area contributed by atoms with Gasteiger partial charge in [-0.05, 0) is 36.6 Å². The smallest absolute Gasteiger partial charge is 0.145 e. The fourth-order valence-corrected chi connectivity index (χ4v) is 1.90. The lowest BCUT2D eigenvalue weighted by atomic mass is 10.1. The molecule has 0 aliphatic carbocycles. The van der Waals surface area contributed by atoms with Gasteiger partial charge in [0.2, 0.25) is 0 Å². The van der Waals surface area contributed by atoms with Crippen LogP contribution in [0.1, 0.15) is 37.6 Å². The molecule has 0 bridgehead atoms. The van der Waals surface area contributed by atoms with E-state index in [1.165, 1.54) is 5.56 Å². The van der Waals surface area contributed by atoms with Crippen molar-refractivity contribution in [1.29, 1.82) is 0 Å². The van der Waals surface area contributed by atoms with Gasteiger partial charge in [-0.25, -0.2) is 0 Å². The summed E-state index contributed by atoms with van der Waals surface area (Å²) in [6.45, 7) is 4.16. The van der Waals surface area contributed by atoms with E-state index in [0.29, 0.717) is 0 Å². The summed E-state index contributed by atoms with van der Waals surface area (Å²) in [5.74, 6) is 1.63. The molecule has 19 heavy (non-hydrogen) atoms. The molecule has 1 atom stereocenters. The molecule has 1 aromatic heterocycles. The predicted molar refractivity (Wildman–Crippen MR) is 77.4 cm³/mol. The van der Waals surface area contributed by atoms with Gasteiger partial charge >= 0.3 is 0 Å². The molecule has 0 aliphatic heterocycles. The Labute approximate surface area is 114 Å². The molecule has 1 heterocycles. The largest absolute Gasteiger partial charge is 0.455 e. The van der Waals surface area contributed by atoms with Crippen LogP contribution in [0.3, 0.4) is 0 Å². The first kappa shape index (κ1) is 13.6. The van der Waals surface area contributed by atoms with Crippen LogP contribution in [0.4, 0.5) is 0 Å². The lowest BCUT2D eigenvalue weighted by Gasteiger charge is -2.11. The van der Waals surface area contributed by atoms with E-state index in [2.05, 4.69) is 18.0 Å². The third kappa shape index (κ3) is 3.32. The van der Waals surface area contributed by atoms with Gasteiger partial charge in [0.05, 0.1) is 11.9 Å². The highest BCUT2D eigenvalue weighted by atomic mass is 16.5. The summed E-state index contributed by atoms with van der Waals surface area (Å²) in [6, 6.07) is 11.9. The van der Waals surface area contributed by atoms with Crippen LogP contribution in [0.2, 0.25) is 0 Å². The van der Waals surface area contributed by atoms with Crippen LogP contribution in [-0.4, -0.2) is 4.98 Å². The van der Waals surface area contributed by atoms with Crippen LogP contribution in [0.25, 0.3) is 0 Å². The number of pyridine rings is 1. The number of aryl methyl sites for hydroxylation is 1. The molecule has 0 spiro atoms. The highest BCUT2D eigenvalue weighted by molar-refractivity contribution is 5.37. The van der Waals surface area contributed by atoms with Crippen LogP contribution in [0, 0.1) is 0 Å². The summed E-state index contributed by atoms with van der Waals surface area (Å²) in [5.41, 5.74) is 8.03. The second-order valence-corrected chi connectivity index (χ2v) is 4.50. The predicted octanol–water partition coefficient (Wildman–Crippen LogP) is 3.85. The van der Waals surface area contributed by atoms with Crippen molar-refractivity contribution in [3.05, 3.63) is 53.9 Å². The van der Waals surface area contributed by atoms with Crippen molar-refractivity contribution >= 4 is 0 Å². The Hall–Kier alpha value is -1.87. The molecular weight excluding hydrogens is 236 g/mol. The van der Waals surface area contributed by atoms with Crippen molar-refractivity contribution in [2.45, 2.75) is 32.7 Å². The average molecular weight is 256 g/mol. The average Bonchev–Trinajstić information content (AvgIpc) is 2.48. The number of rotatable bonds is 5. The molecule has 100 valence electrons. The van der Waals surface area contributed by atoms with E-state index in [1.54, 1.807) is 6.20 Å². The van der Waals surface area contributed by atoms with Gasteiger partial charge in [-0.2, -0.15) is 0 Å². The van der Waals surface area contributed by atoms with E-state index >= 15 is 0 Å². The molecule has 2 aromatic rings. The van der Waals surface area contributed by atoms with Crippen molar-refractivity contribution in [2.24, 2.45) is 5.73 Å². The zero-order chi connectivity index (χ0) is 13.7. The maximum atomic E-state index is 5.94. The Morgan fingerprint density at radius 3 is 2.58 bits per heavy atom. The maximum Gasteiger partial charge on any atom is 0.145 e. The zero-order valence-corrected chi connectivity index (χ0v) is 11.5. The van der Waals surface area contributed by atoms with Gasteiger partial charge in [0.1, 0.15) is 11.5 Å². The molecule has 3 heteroatoms. The normalized spacial score (nSPS) is 12.2. The topological polar surface area (TPSA) is 48.1 Å². The van der Waals surface area contributed by atoms with Gasteiger partial charge in [0.25, 0.3) is 0 Å². The number of benzene rings is 1. The summed E-state index contributed by atoms with van der Waals surface area (Å²) in [7, 11) is 0. The molecule has 1 unspecified atom stereocenters. The van der Waals surface area contributed by atoms with Crippen LogP contribution >= 0.6 is 0 Å². The Morgan fingerprint density at radius 1 is 1.16 bits per heavy atom. The van der Waals surface area contributed by atoms with Crippen LogP contribution in [-0.2, 0) is 6.42 Å². The second kappa shape index (κ2) is 6.34. The fraction of sp³-hybridized carbons (Fsp3) is 0.312. The lowest BCUT2D eigenvalue weighted by molar-refractivity contribution is 0.473. The van der Waals surface area contributed by atoms with Gasteiger partial charge in [-0.3, -0.25) is 4.98 Å². The van der Waals surface area contributed by atoms with Gasteiger partial charge in [-0.1, -0.05) is 32.0 Å². The number of para-hydroxylation sites is 1. The Kier molecular flexibility index (Phi) is 4.53. The van der Waals surface area contributed by atoms with Gasteiger partial charge in [-0.15, -0.1) is 0 Å². The second-order valence-electron chi connectivity index (χ2n) is 4.50. The van der Waals surface area contributed by atoms with E-state index in [4.69, 9.17) is 10.5 Å². The molecule has 0 saturated carbocycles. The summed E-state index contributed by atoms with van der Waals surface area (Å²) in [5, 5.41) is 0. The molecule has 1 aromatic carbocycles. The zero-order valence-electron chi connectivity index (χ0n) is 11.5. The molecule has 0 radical (unpaired) electrons. The fourth-order valence-electron chi connectivity index (χ4n) is 1.90. The highest BCUT2D eigenvalue weighted by Gasteiger charge is 2.06. The molecular formula is C16H20N2O. The third-order valence-corrected chi connectivity index (χ3v) is 3.16. The number of ether oxygens (including phenoxy) is 1. The quantitative estimate of drug-likeness (QED) is 0.884. The van der Waals surface area contributed by atoms with Crippen molar-refractivity contribution < 1.29 is 4.74 Å². The minimum atomic E-state index is -0.00280. The number of aromatic nitrogens is 1. The number of hydrogen-bond acceptors (Lipinski definition) is 3. The number of nitrogens with two attached hydrogens (primary N) is 1. The minimum Gasteiger partial charge on any atom is -0.455 e. The lowest BCUT2D eigenvalue weighted by Crippen LogP contribution is -2.10. The molecule has 0 fully saturated rings. The van der Waals surface area contributed by atoms with Gasteiger partial charge in [0, 0.05) is 6.04 Å². The first-order valence-corrected chi connectivity index (χ1v) is 6.71. The molecule has 2 rings (SSSR count). The molecule has 0 saturated heterocycles. The van der Waals surface area contributed by atoms with Crippen LogP contribution in [0.5, 0.6) is 11.5 Å². The minimum absolute atomic E-state index is 0.00280. The maximum absolute atomic E-state index is 5.94. The Bertz CT molecular complexity index is 523. The van der Waals surface area contributed by atoms with Crippen molar-refractivity contribution in [3.63, 3.8) is 0 Å². The standard InChI is InChI=1S/C16H20N2O/c1-3-12-7-5-6-8-16(12)19-13-9-10-15(18-11-13)14(17)4-2/h5-11,14H,3-4,17H2,1-2H3. The van der Waals surface area contributed by atoms with E-state index < -0.39 is 0 Å². The first-order chi connectivity index (χ1) is 9.24. The summed E-state index contributed by atoms with van der Waals surface area (Å²) >= 11 is 0. The number of hydrogen-bond donors (Lipinski definition) is 1. The third-order valence-electron chi connectivity index (χ3n) is 3.16. The van der Waals surface area contributed by atoms with Crippen molar-refractivity contribution in [3.8, 4) is 11.5 Å². The van der Waals surface area contributed by atoms with Crippen LogP contribution < -0.4 is 10.5 Å². The van der Waals surface area contributed by atoms with Crippen LogP contribution in [0.15, 0.2) is 42.6 Å². The summed E-state index contributed by atoms with van der Waals surface area (Å²) < 4.78 is 5.87. The monoisotopic (exact) mass is 256 g/mol. The summed E-state index contributed by atoms with van der Waals surface area (Å²) in [4.78, 5) is 4.35. The molecule has 3 nitrogen and oxygen atoms in total. The van der Waals surface area contributed by atoms with Gasteiger partial charge in [0.15, 0.2) is 0 Å². The molecule has 0 amide bonds. The Balaban J connectivity index is 2.15. The van der Waals surface area contributed by atoms with E-state index in [0.717, 1.165) is 30.0 Å². The number of nitrogens with zero attached hydrogens (tertiary/aromatic N) is 1.